The minimum Gasteiger partial charge on any atom is -0.364 e. The van der Waals surface area contributed by atoms with E-state index in [1.54, 1.807) is 25.3 Å². The van der Waals surface area contributed by atoms with Crippen molar-refractivity contribution in [3.8, 4) is 0 Å². The van der Waals surface area contributed by atoms with Gasteiger partial charge in [-0.3, -0.25) is 14.6 Å². The Labute approximate surface area is 104 Å². The molecule has 5 nitrogen and oxygen atoms in total. The number of aromatic amines is 1. The smallest absolute Gasteiger partial charge is 0.261 e. The fourth-order valence-electron chi connectivity index (χ4n) is 1.57. The Morgan fingerprint density at radius 2 is 2.11 bits per heavy atom. The molecule has 92 valence electrons. The summed E-state index contributed by atoms with van der Waals surface area (Å²) in [5, 5.41) is 2.66. The quantitative estimate of drug-likeness (QED) is 0.842. The van der Waals surface area contributed by atoms with Crippen molar-refractivity contribution < 1.29 is 4.79 Å². The maximum atomic E-state index is 11.9. The summed E-state index contributed by atoms with van der Waals surface area (Å²) in [5.74, 6) is -0.429. The van der Waals surface area contributed by atoms with Crippen LogP contribution in [0, 0.1) is 13.8 Å². The third-order valence-corrected chi connectivity index (χ3v) is 2.46. The molecule has 2 N–H and O–H groups in total. The molecular formula is C13H13N3O2. The molecule has 0 unspecified atom stereocenters. The summed E-state index contributed by atoms with van der Waals surface area (Å²) in [6, 6.07) is 4.81. The first kappa shape index (κ1) is 12.0. The van der Waals surface area contributed by atoms with Gasteiger partial charge in [-0.15, -0.1) is 0 Å². The molecule has 0 aliphatic rings. The van der Waals surface area contributed by atoms with Gasteiger partial charge in [-0.1, -0.05) is 0 Å². The number of aromatic nitrogens is 2. The summed E-state index contributed by atoms with van der Waals surface area (Å²) < 4.78 is 0. The highest BCUT2D eigenvalue weighted by molar-refractivity contribution is 6.03. The summed E-state index contributed by atoms with van der Waals surface area (Å²) in [6.45, 7) is 3.59. The Morgan fingerprint density at radius 1 is 1.33 bits per heavy atom. The molecule has 0 saturated heterocycles. The molecule has 2 rings (SSSR count). The van der Waals surface area contributed by atoms with Gasteiger partial charge in [0.05, 0.1) is 0 Å². The van der Waals surface area contributed by atoms with Gasteiger partial charge in [0.15, 0.2) is 5.43 Å². The molecule has 0 aliphatic heterocycles. The van der Waals surface area contributed by atoms with Crippen LogP contribution in [-0.4, -0.2) is 15.9 Å². The van der Waals surface area contributed by atoms with Crippen LogP contribution in [0.25, 0.3) is 0 Å². The van der Waals surface area contributed by atoms with Crippen LogP contribution in [0.2, 0.25) is 0 Å². The van der Waals surface area contributed by atoms with Gasteiger partial charge in [-0.05, 0) is 26.0 Å². The topological polar surface area (TPSA) is 74.8 Å². The molecule has 0 saturated carbocycles. The van der Waals surface area contributed by atoms with E-state index in [4.69, 9.17) is 0 Å². The number of anilines is 1. The molecule has 0 radical (unpaired) electrons. The number of rotatable bonds is 2. The number of carbonyl (C=O) groups is 1. The first-order valence-corrected chi connectivity index (χ1v) is 5.49. The summed E-state index contributed by atoms with van der Waals surface area (Å²) in [7, 11) is 0. The molecule has 2 aromatic heterocycles. The van der Waals surface area contributed by atoms with Crippen LogP contribution in [0.3, 0.4) is 0 Å². The number of nitrogens with zero attached hydrogens (tertiary/aromatic N) is 1. The lowest BCUT2D eigenvalue weighted by Crippen LogP contribution is -2.21. The van der Waals surface area contributed by atoms with E-state index in [2.05, 4.69) is 15.3 Å². The van der Waals surface area contributed by atoms with Gasteiger partial charge in [-0.25, -0.2) is 0 Å². The Morgan fingerprint density at radius 3 is 2.78 bits per heavy atom. The Hall–Kier alpha value is -2.43. The molecule has 0 bridgehead atoms. The van der Waals surface area contributed by atoms with Gasteiger partial charge in [0.2, 0.25) is 0 Å². The summed E-state index contributed by atoms with van der Waals surface area (Å²) in [5.41, 5.74) is 1.93. The van der Waals surface area contributed by atoms with Crippen LogP contribution in [0.5, 0.6) is 0 Å². The van der Waals surface area contributed by atoms with Gasteiger partial charge >= 0.3 is 0 Å². The van der Waals surface area contributed by atoms with Crippen molar-refractivity contribution in [3.63, 3.8) is 0 Å². The van der Waals surface area contributed by atoms with E-state index in [1.807, 2.05) is 6.92 Å². The third-order valence-electron chi connectivity index (χ3n) is 2.46. The second-order valence-electron chi connectivity index (χ2n) is 4.03. The average Bonchev–Trinajstić information content (AvgIpc) is 2.28. The second kappa shape index (κ2) is 4.83. The highest BCUT2D eigenvalue weighted by Crippen LogP contribution is 2.08. The fraction of sp³-hybridized carbons (Fsp3) is 0.154. The number of hydrogen-bond donors (Lipinski definition) is 2. The monoisotopic (exact) mass is 243 g/mol. The van der Waals surface area contributed by atoms with E-state index in [0.29, 0.717) is 5.69 Å². The van der Waals surface area contributed by atoms with Crippen molar-refractivity contribution in [1.82, 2.24) is 9.97 Å². The Kier molecular flexibility index (Phi) is 3.23. The first-order valence-electron chi connectivity index (χ1n) is 5.49. The van der Waals surface area contributed by atoms with E-state index in [9.17, 15) is 9.59 Å². The number of aryl methyl sites for hydroxylation is 2. The standard InChI is InChI=1S/C13H13N3O2/c1-8-5-10(3-4-14-8)16-13(18)11-7-15-9(2)6-12(11)17/h3-7H,1-2H3,(H,15,17)(H,14,16,18). The molecule has 0 atom stereocenters. The molecular weight excluding hydrogens is 230 g/mol. The molecule has 18 heavy (non-hydrogen) atoms. The van der Waals surface area contributed by atoms with E-state index in [-0.39, 0.29) is 11.0 Å². The highest BCUT2D eigenvalue weighted by Gasteiger charge is 2.10. The number of nitrogens with one attached hydrogen (secondary N) is 2. The van der Waals surface area contributed by atoms with Crippen LogP contribution in [0.15, 0.2) is 35.4 Å². The first-order chi connectivity index (χ1) is 8.56. The minimum atomic E-state index is -0.429. The van der Waals surface area contributed by atoms with Crippen LogP contribution in [-0.2, 0) is 0 Å². The molecule has 0 aliphatic carbocycles. The van der Waals surface area contributed by atoms with E-state index >= 15 is 0 Å². The molecule has 0 fully saturated rings. The van der Waals surface area contributed by atoms with Gasteiger partial charge in [-0.2, -0.15) is 0 Å². The molecule has 0 spiro atoms. The lowest BCUT2D eigenvalue weighted by atomic mass is 10.2. The van der Waals surface area contributed by atoms with Crippen LogP contribution in [0.4, 0.5) is 5.69 Å². The van der Waals surface area contributed by atoms with Gasteiger partial charge in [0.1, 0.15) is 5.56 Å². The van der Waals surface area contributed by atoms with Crippen LogP contribution < -0.4 is 10.7 Å². The largest absolute Gasteiger partial charge is 0.364 e. The number of pyridine rings is 2. The normalized spacial score (nSPS) is 10.1. The SMILES string of the molecule is Cc1cc(NC(=O)c2c[nH]c(C)cc2=O)ccn1. The van der Waals surface area contributed by atoms with Crippen molar-refractivity contribution in [2.45, 2.75) is 13.8 Å². The lowest BCUT2D eigenvalue weighted by molar-refractivity contribution is 0.102. The molecule has 5 heteroatoms. The lowest BCUT2D eigenvalue weighted by Gasteiger charge is -2.05. The van der Waals surface area contributed by atoms with E-state index < -0.39 is 5.91 Å². The van der Waals surface area contributed by atoms with Gasteiger partial charge < -0.3 is 10.3 Å². The van der Waals surface area contributed by atoms with Crippen molar-refractivity contribution in [1.29, 1.82) is 0 Å². The fourth-order valence-corrected chi connectivity index (χ4v) is 1.57. The molecule has 1 amide bonds. The predicted octanol–water partition coefficient (Wildman–Crippen LogP) is 1.64. The zero-order valence-corrected chi connectivity index (χ0v) is 10.2. The number of carbonyl (C=O) groups excluding carboxylic acids is 1. The molecule has 0 aromatic carbocycles. The summed E-state index contributed by atoms with van der Waals surface area (Å²) in [6.07, 6.45) is 3.02. The Bertz CT molecular complexity index is 647. The summed E-state index contributed by atoms with van der Waals surface area (Å²) >= 11 is 0. The predicted molar refractivity (Wildman–Crippen MR) is 68.7 cm³/mol. The zero-order chi connectivity index (χ0) is 13.1. The number of H-pyrrole nitrogens is 1. The van der Waals surface area contributed by atoms with Gasteiger partial charge in [0.25, 0.3) is 5.91 Å². The van der Waals surface area contributed by atoms with Crippen molar-refractivity contribution in [2.75, 3.05) is 5.32 Å². The average molecular weight is 243 g/mol. The summed E-state index contributed by atoms with van der Waals surface area (Å²) in [4.78, 5) is 30.4. The third kappa shape index (κ3) is 2.63. The zero-order valence-electron chi connectivity index (χ0n) is 10.2. The highest BCUT2D eigenvalue weighted by atomic mass is 16.2. The van der Waals surface area contributed by atoms with Crippen molar-refractivity contribution >= 4 is 11.6 Å². The maximum Gasteiger partial charge on any atom is 0.261 e. The maximum absolute atomic E-state index is 11.9. The van der Waals surface area contributed by atoms with Crippen LogP contribution >= 0.6 is 0 Å². The van der Waals surface area contributed by atoms with E-state index in [0.717, 1.165) is 11.4 Å². The number of amides is 1. The van der Waals surface area contributed by atoms with E-state index in [1.165, 1.54) is 12.3 Å². The Balaban J connectivity index is 2.25. The number of hydrogen-bond acceptors (Lipinski definition) is 3. The van der Waals surface area contributed by atoms with Gasteiger partial charge in [0, 0.05) is 35.5 Å². The van der Waals surface area contributed by atoms with Crippen molar-refractivity contribution in [2.24, 2.45) is 0 Å². The minimum absolute atomic E-state index is 0.0927. The molecule has 2 heterocycles. The second-order valence-corrected chi connectivity index (χ2v) is 4.03. The van der Waals surface area contributed by atoms with Crippen LogP contribution in [0.1, 0.15) is 21.7 Å². The molecule has 2 aromatic rings. The van der Waals surface area contributed by atoms with Crippen molar-refractivity contribution in [3.05, 3.63) is 57.8 Å².